The van der Waals surface area contributed by atoms with E-state index in [0.29, 0.717) is 5.56 Å². The van der Waals surface area contributed by atoms with Gasteiger partial charge in [-0.05, 0) is 25.1 Å². The second kappa shape index (κ2) is 6.97. The van der Waals surface area contributed by atoms with E-state index in [-0.39, 0.29) is 18.2 Å². The van der Waals surface area contributed by atoms with Crippen molar-refractivity contribution in [3.63, 3.8) is 0 Å². The summed E-state index contributed by atoms with van der Waals surface area (Å²) in [5, 5.41) is 13.9. The van der Waals surface area contributed by atoms with Crippen molar-refractivity contribution in [1.29, 1.82) is 0 Å². The number of halogens is 1. The molecule has 4 nitrogen and oxygen atoms in total. The maximum Gasteiger partial charge on any atom is 0.254 e. The van der Waals surface area contributed by atoms with E-state index in [1.54, 1.807) is 13.1 Å². The predicted octanol–water partition coefficient (Wildman–Crippen LogP) is 2.12. The van der Waals surface area contributed by atoms with Gasteiger partial charge >= 0.3 is 0 Å². The first kappa shape index (κ1) is 15.2. The van der Waals surface area contributed by atoms with Gasteiger partial charge in [-0.15, -0.1) is 11.3 Å². The smallest absolute Gasteiger partial charge is 0.254 e. The van der Waals surface area contributed by atoms with Crippen LogP contribution in [0.1, 0.15) is 33.9 Å². The third kappa shape index (κ3) is 3.88. The largest absolute Gasteiger partial charge is 0.384 e. The summed E-state index contributed by atoms with van der Waals surface area (Å²) in [6.07, 6.45) is 1.65. The van der Waals surface area contributed by atoms with Crippen LogP contribution in [0.5, 0.6) is 0 Å². The van der Waals surface area contributed by atoms with Crippen LogP contribution < -0.4 is 5.32 Å². The zero-order chi connectivity index (χ0) is 15.2. The van der Waals surface area contributed by atoms with Crippen LogP contribution in [0, 0.1) is 17.7 Å². The lowest BCUT2D eigenvalue weighted by molar-refractivity contribution is 0.0936. The molecule has 0 spiro atoms. The van der Waals surface area contributed by atoms with Crippen molar-refractivity contribution < 1.29 is 14.3 Å². The number of carbonyl (C=O) groups excluding carboxylic acids is 1. The number of aromatic nitrogens is 1. The Bertz CT molecular complexity index is 689. The molecule has 21 heavy (non-hydrogen) atoms. The average Bonchev–Trinajstić information content (AvgIpc) is 2.99. The molecule has 1 unspecified atom stereocenters. The van der Waals surface area contributed by atoms with Crippen molar-refractivity contribution in [2.24, 2.45) is 0 Å². The van der Waals surface area contributed by atoms with Crippen LogP contribution in [-0.2, 0) is 0 Å². The Balaban J connectivity index is 2.12. The molecule has 1 aromatic carbocycles. The summed E-state index contributed by atoms with van der Waals surface area (Å²) < 4.78 is 13.9. The molecule has 2 aromatic rings. The maximum atomic E-state index is 13.9. The summed E-state index contributed by atoms with van der Waals surface area (Å²) in [5.41, 5.74) is 0.360. The number of hydrogen-bond donors (Lipinski definition) is 2. The van der Waals surface area contributed by atoms with Crippen LogP contribution in [-0.4, -0.2) is 22.6 Å². The number of hydrogen-bond acceptors (Lipinski definition) is 4. The maximum absolute atomic E-state index is 13.9. The number of nitrogens with zero attached hydrogens (tertiary/aromatic N) is 1. The van der Waals surface area contributed by atoms with Gasteiger partial charge < -0.3 is 10.4 Å². The summed E-state index contributed by atoms with van der Waals surface area (Å²) in [4.78, 5) is 16.1. The van der Waals surface area contributed by atoms with Crippen LogP contribution in [0.4, 0.5) is 4.39 Å². The number of carbonyl (C=O) groups is 1. The molecule has 0 fully saturated rings. The van der Waals surface area contributed by atoms with Crippen molar-refractivity contribution in [1.82, 2.24) is 10.3 Å². The zero-order valence-electron chi connectivity index (χ0n) is 11.3. The minimum Gasteiger partial charge on any atom is -0.384 e. The van der Waals surface area contributed by atoms with E-state index in [1.807, 2.05) is 5.38 Å². The second-order valence-corrected chi connectivity index (χ2v) is 5.15. The van der Waals surface area contributed by atoms with Crippen molar-refractivity contribution in [3.8, 4) is 11.8 Å². The quantitative estimate of drug-likeness (QED) is 0.854. The fourth-order valence-corrected chi connectivity index (χ4v) is 2.35. The minimum atomic E-state index is -0.649. The van der Waals surface area contributed by atoms with Crippen molar-refractivity contribution in [2.45, 2.75) is 13.0 Å². The number of nitrogens with one attached hydrogen (secondary N) is 1. The number of thiazole rings is 1. The SMILES string of the molecule is CC(NC(=O)c1ccc(C#CCO)cc1F)c1nccs1. The molecule has 6 heteroatoms. The van der Waals surface area contributed by atoms with Gasteiger partial charge in [0.1, 0.15) is 17.4 Å². The standard InChI is InChI=1S/C15H13FN2O2S/c1-10(15-17-6-8-21-15)18-14(20)12-5-4-11(3-2-7-19)9-13(12)16/h4-6,8-10,19H,7H2,1H3,(H,18,20). The van der Waals surface area contributed by atoms with Crippen molar-refractivity contribution in [2.75, 3.05) is 6.61 Å². The predicted molar refractivity (Wildman–Crippen MR) is 78.4 cm³/mol. The van der Waals surface area contributed by atoms with E-state index in [1.165, 1.54) is 29.5 Å². The van der Waals surface area contributed by atoms with E-state index in [2.05, 4.69) is 22.1 Å². The van der Waals surface area contributed by atoms with Crippen LogP contribution in [0.3, 0.4) is 0 Å². The van der Waals surface area contributed by atoms with Gasteiger partial charge in [0.25, 0.3) is 5.91 Å². The Morgan fingerprint density at radius 3 is 3.00 bits per heavy atom. The number of aliphatic hydroxyl groups is 1. The molecule has 1 heterocycles. The van der Waals surface area contributed by atoms with Gasteiger partial charge in [-0.2, -0.15) is 0 Å². The minimum absolute atomic E-state index is 0.0482. The molecule has 2 N–H and O–H groups in total. The van der Waals surface area contributed by atoms with E-state index in [0.717, 1.165) is 5.01 Å². The Morgan fingerprint density at radius 1 is 1.57 bits per heavy atom. The Hall–Kier alpha value is -2.23. The summed E-state index contributed by atoms with van der Waals surface area (Å²) in [7, 11) is 0. The molecule has 1 atom stereocenters. The Morgan fingerprint density at radius 2 is 2.38 bits per heavy atom. The molecule has 1 amide bonds. The Labute approximate surface area is 125 Å². The van der Waals surface area contributed by atoms with Gasteiger partial charge in [-0.25, -0.2) is 9.37 Å². The number of aliphatic hydroxyl groups excluding tert-OH is 1. The van der Waals surface area contributed by atoms with Crippen LogP contribution in [0.25, 0.3) is 0 Å². The monoisotopic (exact) mass is 304 g/mol. The molecule has 0 aliphatic rings. The highest BCUT2D eigenvalue weighted by atomic mass is 32.1. The third-order valence-corrected chi connectivity index (χ3v) is 3.65. The fraction of sp³-hybridized carbons (Fsp3) is 0.200. The first-order valence-electron chi connectivity index (χ1n) is 6.21. The molecule has 1 aromatic heterocycles. The highest BCUT2D eigenvalue weighted by Crippen LogP contribution is 2.16. The molecular formula is C15H13FN2O2S. The highest BCUT2D eigenvalue weighted by molar-refractivity contribution is 7.09. The van der Waals surface area contributed by atoms with E-state index in [4.69, 9.17) is 5.11 Å². The van der Waals surface area contributed by atoms with Gasteiger partial charge in [-0.1, -0.05) is 11.8 Å². The number of amides is 1. The summed E-state index contributed by atoms with van der Waals surface area (Å²) in [6.45, 7) is 1.49. The normalized spacial score (nSPS) is 11.4. The van der Waals surface area contributed by atoms with Crippen LogP contribution in [0.2, 0.25) is 0 Å². The Kier molecular flexibility index (Phi) is 5.04. The molecule has 0 saturated heterocycles. The lowest BCUT2D eigenvalue weighted by atomic mass is 10.1. The molecule has 2 rings (SSSR count). The topological polar surface area (TPSA) is 62.2 Å². The van der Waals surface area contributed by atoms with Crippen LogP contribution in [0.15, 0.2) is 29.8 Å². The second-order valence-electron chi connectivity index (χ2n) is 4.22. The van der Waals surface area contributed by atoms with E-state index < -0.39 is 11.7 Å². The average molecular weight is 304 g/mol. The van der Waals surface area contributed by atoms with Crippen LogP contribution >= 0.6 is 11.3 Å². The molecule has 0 radical (unpaired) electrons. The van der Waals surface area contributed by atoms with E-state index in [9.17, 15) is 9.18 Å². The van der Waals surface area contributed by atoms with Crippen molar-refractivity contribution in [3.05, 3.63) is 51.7 Å². The zero-order valence-corrected chi connectivity index (χ0v) is 12.1. The number of benzene rings is 1. The summed E-state index contributed by atoms with van der Waals surface area (Å²) in [6, 6.07) is 3.80. The lowest BCUT2D eigenvalue weighted by Crippen LogP contribution is -2.27. The molecular weight excluding hydrogens is 291 g/mol. The molecule has 0 saturated carbocycles. The summed E-state index contributed by atoms with van der Waals surface area (Å²) >= 11 is 1.42. The third-order valence-electron chi connectivity index (χ3n) is 2.69. The van der Waals surface area contributed by atoms with Gasteiger partial charge in [0.15, 0.2) is 0 Å². The van der Waals surface area contributed by atoms with Crippen molar-refractivity contribution >= 4 is 17.2 Å². The van der Waals surface area contributed by atoms with Gasteiger partial charge in [0.2, 0.25) is 0 Å². The highest BCUT2D eigenvalue weighted by Gasteiger charge is 2.16. The van der Waals surface area contributed by atoms with Gasteiger partial charge in [0.05, 0.1) is 11.6 Å². The van der Waals surface area contributed by atoms with E-state index >= 15 is 0 Å². The summed E-state index contributed by atoms with van der Waals surface area (Å²) in [5.74, 6) is 3.85. The fourth-order valence-electron chi connectivity index (χ4n) is 1.70. The number of rotatable bonds is 3. The van der Waals surface area contributed by atoms with Gasteiger partial charge in [0, 0.05) is 17.1 Å². The molecule has 0 aliphatic heterocycles. The lowest BCUT2D eigenvalue weighted by Gasteiger charge is -2.11. The van der Waals surface area contributed by atoms with Gasteiger partial charge in [-0.3, -0.25) is 4.79 Å². The molecule has 108 valence electrons. The molecule has 0 bridgehead atoms. The molecule has 0 aliphatic carbocycles. The first-order chi connectivity index (χ1) is 10.1. The first-order valence-corrected chi connectivity index (χ1v) is 7.09.